The standard InChI is InChI=1S/C20H23NO7/c1-12-6-19(23)28-17-7-15(4-5-16(12)17)25-11-20(24)26-10-18(22)21-8-13(2)27-14(3)9-21/h4-7,13-14H,8-11H2,1-3H3/t13-,14-/m1/s1. The smallest absolute Gasteiger partial charge is 0.344 e. The largest absolute Gasteiger partial charge is 0.482 e. The number of fused-ring (bicyclic) bond motifs is 1. The second-order valence-corrected chi connectivity index (χ2v) is 6.91. The first-order chi connectivity index (χ1) is 13.3. The van der Waals surface area contributed by atoms with E-state index in [2.05, 4.69) is 0 Å². The zero-order chi connectivity index (χ0) is 20.3. The fraction of sp³-hybridized carbons (Fsp3) is 0.450. The highest BCUT2D eigenvalue weighted by Gasteiger charge is 2.26. The summed E-state index contributed by atoms with van der Waals surface area (Å²) in [4.78, 5) is 37.2. The molecule has 2 heterocycles. The molecule has 0 spiro atoms. The van der Waals surface area contributed by atoms with E-state index in [4.69, 9.17) is 18.6 Å². The maximum atomic E-state index is 12.2. The van der Waals surface area contributed by atoms with Crippen LogP contribution < -0.4 is 10.4 Å². The third kappa shape index (κ3) is 4.89. The number of hydrogen-bond donors (Lipinski definition) is 0. The van der Waals surface area contributed by atoms with Gasteiger partial charge in [-0.15, -0.1) is 0 Å². The summed E-state index contributed by atoms with van der Waals surface area (Å²) < 4.78 is 21.1. The van der Waals surface area contributed by atoms with Gasteiger partial charge in [-0.2, -0.15) is 0 Å². The minimum Gasteiger partial charge on any atom is -0.482 e. The Kier molecular flexibility index (Phi) is 5.99. The molecule has 1 aromatic carbocycles. The van der Waals surface area contributed by atoms with Crippen molar-refractivity contribution in [3.05, 3.63) is 40.2 Å². The van der Waals surface area contributed by atoms with Crippen molar-refractivity contribution in [2.24, 2.45) is 0 Å². The Bertz CT molecular complexity index is 926. The normalized spacial score (nSPS) is 19.5. The van der Waals surface area contributed by atoms with Crippen LogP contribution >= 0.6 is 0 Å². The van der Waals surface area contributed by atoms with Gasteiger partial charge in [0.05, 0.1) is 12.2 Å². The van der Waals surface area contributed by atoms with Crippen LogP contribution in [-0.2, 0) is 19.1 Å². The number of hydrogen-bond acceptors (Lipinski definition) is 7. The van der Waals surface area contributed by atoms with Crippen LogP contribution in [0.5, 0.6) is 5.75 Å². The molecule has 1 fully saturated rings. The molecule has 8 nitrogen and oxygen atoms in total. The minimum absolute atomic E-state index is 0.0525. The quantitative estimate of drug-likeness (QED) is 0.567. The second-order valence-electron chi connectivity index (χ2n) is 6.91. The van der Waals surface area contributed by atoms with Gasteiger partial charge < -0.3 is 23.5 Å². The van der Waals surface area contributed by atoms with E-state index in [0.29, 0.717) is 24.4 Å². The van der Waals surface area contributed by atoms with E-state index in [0.717, 1.165) is 10.9 Å². The van der Waals surface area contributed by atoms with E-state index in [1.807, 2.05) is 20.8 Å². The predicted octanol–water partition coefficient (Wildman–Crippen LogP) is 1.66. The fourth-order valence-corrected chi connectivity index (χ4v) is 3.19. The van der Waals surface area contributed by atoms with Crippen molar-refractivity contribution >= 4 is 22.8 Å². The van der Waals surface area contributed by atoms with Gasteiger partial charge in [-0.1, -0.05) is 0 Å². The van der Waals surface area contributed by atoms with Crippen molar-refractivity contribution in [3.8, 4) is 5.75 Å². The van der Waals surface area contributed by atoms with Crippen molar-refractivity contribution in [3.63, 3.8) is 0 Å². The van der Waals surface area contributed by atoms with Gasteiger partial charge in [0.2, 0.25) is 0 Å². The van der Waals surface area contributed by atoms with Gasteiger partial charge in [-0.25, -0.2) is 9.59 Å². The number of amides is 1. The van der Waals surface area contributed by atoms with E-state index in [9.17, 15) is 14.4 Å². The lowest BCUT2D eigenvalue weighted by atomic mass is 10.1. The third-order valence-electron chi connectivity index (χ3n) is 4.41. The number of carbonyl (C=O) groups is 2. The van der Waals surface area contributed by atoms with Gasteiger partial charge in [0, 0.05) is 30.6 Å². The molecule has 150 valence electrons. The number of morpholine rings is 1. The SMILES string of the molecule is Cc1cc(=O)oc2cc(OCC(=O)OCC(=O)N3C[C@@H](C)O[C@H](C)C3)ccc12. The molecule has 1 aliphatic rings. The van der Waals surface area contributed by atoms with E-state index in [1.165, 1.54) is 6.07 Å². The summed E-state index contributed by atoms with van der Waals surface area (Å²) in [6.07, 6.45) is -0.105. The molecule has 1 aliphatic heterocycles. The molecular weight excluding hydrogens is 366 g/mol. The molecule has 1 saturated heterocycles. The van der Waals surface area contributed by atoms with E-state index < -0.39 is 11.6 Å². The highest BCUT2D eigenvalue weighted by molar-refractivity contribution is 5.82. The first-order valence-corrected chi connectivity index (χ1v) is 9.08. The van der Waals surface area contributed by atoms with Crippen LogP contribution in [0.3, 0.4) is 0 Å². The Hall–Kier alpha value is -2.87. The van der Waals surface area contributed by atoms with Gasteiger partial charge in [0.1, 0.15) is 11.3 Å². The second kappa shape index (κ2) is 8.43. The maximum Gasteiger partial charge on any atom is 0.344 e. The van der Waals surface area contributed by atoms with Crippen LogP contribution in [-0.4, -0.2) is 55.3 Å². The van der Waals surface area contributed by atoms with Crippen LogP contribution in [0.1, 0.15) is 19.4 Å². The summed E-state index contributed by atoms with van der Waals surface area (Å²) >= 11 is 0. The average molecular weight is 389 g/mol. The van der Waals surface area contributed by atoms with Crippen molar-refractivity contribution in [1.82, 2.24) is 4.90 Å². The Morgan fingerprint density at radius 2 is 1.86 bits per heavy atom. The van der Waals surface area contributed by atoms with Gasteiger partial charge in [-0.3, -0.25) is 4.79 Å². The molecule has 28 heavy (non-hydrogen) atoms. The molecule has 0 bridgehead atoms. The first kappa shape index (κ1) is 19.9. The molecule has 1 aromatic heterocycles. The number of nitrogens with zero attached hydrogens (tertiary/aromatic N) is 1. The van der Waals surface area contributed by atoms with Gasteiger partial charge in [0.25, 0.3) is 5.91 Å². The van der Waals surface area contributed by atoms with Crippen LogP contribution in [0.25, 0.3) is 11.0 Å². The molecule has 2 atom stereocenters. The summed E-state index contributed by atoms with van der Waals surface area (Å²) in [5.74, 6) is -0.563. The molecule has 0 saturated carbocycles. The van der Waals surface area contributed by atoms with Crippen molar-refractivity contribution in [2.75, 3.05) is 26.3 Å². The molecule has 0 aliphatic carbocycles. The fourth-order valence-electron chi connectivity index (χ4n) is 3.19. The monoisotopic (exact) mass is 389 g/mol. The van der Waals surface area contributed by atoms with Gasteiger partial charge in [0.15, 0.2) is 13.2 Å². The lowest BCUT2D eigenvalue weighted by molar-refractivity contribution is -0.158. The summed E-state index contributed by atoms with van der Waals surface area (Å²) in [6, 6.07) is 6.37. The molecular formula is C20H23NO7. The van der Waals surface area contributed by atoms with Crippen LogP contribution in [0.15, 0.2) is 33.5 Å². The molecule has 0 unspecified atom stereocenters. The minimum atomic E-state index is -0.659. The molecule has 3 rings (SSSR count). The molecule has 0 N–H and O–H groups in total. The Morgan fingerprint density at radius 1 is 1.14 bits per heavy atom. The Labute approximate surface area is 162 Å². The summed E-state index contributed by atoms with van der Waals surface area (Å²) in [5.41, 5.74) is 0.718. The zero-order valence-corrected chi connectivity index (χ0v) is 16.1. The number of carbonyl (C=O) groups excluding carboxylic acids is 2. The molecule has 2 aromatic rings. The topological polar surface area (TPSA) is 95.3 Å². The Morgan fingerprint density at radius 3 is 2.57 bits per heavy atom. The Balaban J connectivity index is 1.51. The first-order valence-electron chi connectivity index (χ1n) is 9.08. The maximum absolute atomic E-state index is 12.2. The summed E-state index contributed by atoms with van der Waals surface area (Å²) in [6.45, 7) is 5.84. The molecule has 1 amide bonds. The van der Waals surface area contributed by atoms with Crippen LogP contribution in [0.2, 0.25) is 0 Å². The third-order valence-corrected chi connectivity index (χ3v) is 4.41. The highest BCUT2D eigenvalue weighted by Crippen LogP contribution is 2.22. The van der Waals surface area contributed by atoms with Gasteiger partial charge >= 0.3 is 11.6 Å². The van der Waals surface area contributed by atoms with E-state index in [-0.39, 0.29) is 31.3 Å². The number of aryl methyl sites for hydroxylation is 1. The lowest BCUT2D eigenvalue weighted by Gasteiger charge is -2.35. The van der Waals surface area contributed by atoms with Crippen molar-refractivity contribution in [1.29, 1.82) is 0 Å². The average Bonchev–Trinajstić information content (AvgIpc) is 2.63. The molecule has 8 heteroatoms. The zero-order valence-electron chi connectivity index (χ0n) is 16.1. The van der Waals surface area contributed by atoms with Crippen LogP contribution in [0, 0.1) is 6.92 Å². The lowest BCUT2D eigenvalue weighted by Crippen LogP contribution is -2.49. The predicted molar refractivity (Wildman–Crippen MR) is 100 cm³/mol. The summed E-state index contributed by atoms with van der Waals surface area (Å²) in [7, 11) is 0. The number of esters is 1. The van der Waals surface area contributed by atoms with Crippen molar-refractivity contribution < 1.29 is 28.2 Å². The molecule has 0 radical (unpaired) electrons. The number of benzene rings is 1. The summed E-state index contributed by atoms with van der Waals surface area (Å²) in [5, 5.41) is 0.786. The number of ether oxygens (including phenoxy) is 3. The van der Waals surface area contributed by atoms with Crippen LogP contribution in [0.4, 0.5) is 0 Å². The number of rotatable bonds is 5. The van der Waals surface area contributed by atoms with E-state index in [1.54, 1.807) is 23.1 Å². The highest BCUT2D eigenvalue weighted by atomic mass is 16.6. The van der Waals surface area contributed by atoms with Gasteiger partial charge in [-0.05, 0) is 38.5 Å². The van der Waals surface area contributed by atoms with E-state index >= 15 is 0 Å². The van der Waals surface area contributed by atoms with Crippen molar-refractivity contribution in [2.45, 2.75) is 33.0 Å².